The molecule has 11 heavy (non-hydrogen) atoms. The zero-order chi connectivity index (χ0) is 9.07. The van der Waals surface area contributed by atoms with Crippen molar-refractivity contribution in [3.8, 4) is 0 Å². The summed E-state index contributed by atoms with van der Waals surface area (Å²) >= 11 is -2.09. The molecular weight excluding hydrogens is 162 g/mol. The van der Waals surface area contributed by atoms with E-state index in [-0.39, 0.29) is 5.54 Å². The maximum atomic E-state index is 10.7. The van der Waals surface area contributed by atoms with Crippen molar-refractivity contribution in [1.82, 2.24) is 4.31 Å². The smallest absolute Gasteiger partial charge is 0.0267 e. The third-order valence-corrected chi connectivity index (χ3v) is 3.12. The van der Waals surface area contributed by atoms with Crippen LogP contribution in [0.1, 0.15) is 34.1 Å². The molecule has 0 saturated heterocycles. The maximum absolute atomic E-state index is 10.7. The fourth-order valence-corrected chi connectivity index (χ4v) is 1.66. The van der Waals surface area contributed by atoms with E-state index < -0.39 is 11.3 Å². The SMILES string of the molecule is CCN(S(=O)[O-])C(C)(C)CC. The van der Waals surface area contributed by atoms with Crippen molar-refractivity contribution in [1.29, 1.82) is 0 Å². The Balaban J connectivity index is 4.36. The minimum atomic E-state index is -2.09. The fourth-order valence-electron chi connectivity index (χ4n) is 0.912. The molecule has 0 fully saturated rings. The Labute approximate surface area is 71.2 Å². The van der Waals surface area contributed by atoms with Crippen LogP contribution in [0.2, 0.25) is 0 Å². The van der Waals surface area contributed by atoms with Crippen LogP contribution >= 0.6 is 0 Å². The molecule has 0 radical (unpaired) electrons. The molecular formula is C7H16NO2S-. The molecule has 0 bridgehead atoms. The molecule has 0 rings (SSSR count). The predicted octanol–water partition coefficient (Wildman–Crippen LogP) is 1.29. The molecule has 0 amide bonds. The average molecular weight is 178 g/mol. The van der Waals surface area contributed by atoms with Gasteiger partial charge in [0, 0.05) is 23.4 Å². The van der Waals surface area contributed by atoms with E-state index in [0.29, 0.717) is 6.54 Å². The van der Waals surface area contributed by atoms with Crippen molar-refractivity contribution in [2.24, 2.45) is 0 Å². The van der Waals surface area contributed by atoms with Gasteiger partial charge in [0.1, 0.15) is 0 Å². The first-order valence-corrected chi connectivity index (χ1v) is 4.86. The van der Waals surface area contributed by atoms with Crippen LogP contribution in [0.15, 0.2) is 0 Å². The number of hydrogen-bond acceptors (Lipinski definition) is 2. The van der Waals surface area contributed by atoms with Crippen molar-refractivity contribution in [3.05, 3.63) is 0 Å². The van der Waals surface area contributed by atoms with Gasteiger partial charge in [-0.05, 0) is 20.3 Å². The third-order valence-electron chi connectivity index (χ3n) is 2.01. The lowest BCUT2D eigenvalue weighted by atomic mass is 10.0. The molecule has 4 heteroatoms. The van der Waals surface area contributed by atoms with Crippen molar-refractivity contribution < 1.29 is 8.76 Å². The summed E-state index contributed by atoms with van der Waals surface area (Å²) in [6.45, 7) is 8.21. The van der Waals surface area contributed by atoms with E-state index >= 15 is 0 Å². The second-order valence-electron chi connectivity index (χ2n) is 3.08. The van der Waals surface area contributed by atoms with Crippen LogP contribution in [0.4, 0.5) is 0 Å². The zero-order valence-corrected chi connectivity index (χ0v) is 8.40. The maximum Gasteiger partial charge on any atom is 0.0267 e. The third kappa shape index (κ3) is 2.89. The Bertz CT molecular complexity index is 147. The Morgan fingerprint density at radius 3 is 2.00 bits per heavy atom. The van der Waals surface area contributed by atoms with Crippen molar-refractivity contribution in [2.45, 2.75) is 39.7 Å². The Hall–Kier alpha value is 0.0700. The van der Waals surface area contributed by atoms with Gasteiger partial charge in [-0.1, -0.05) is 13.8 Å². The lowest BCUT2D eigenvalue weighted by molar-refractivity contribution is 0.222. The minimum Gasteiger partial charge on any atom is -0.760 e. The van der Waals surface area contributed by atoms with Crippen LogP contribution in [-0.4, -0.2) is 25.2 Å². The molecule has 3 nitrogen and oxygen atoms in total. The van der Waals surface area contributed by atoms with Gasteiger partial charge in [-0.2, -0.15) is 0 Å². The standard InChI is InChI=1S/C7H17NO2S/c1-5-7(3,4)8(6-2)11(9)10/h5-6H2,1-4H3,(H,9,10)/p-1. The summed E-state index contributed by atoms with van der Waals surface area (Å²) in [5.41, 5.74) is -0.249. The first kappa shape index (κ1) is 11.1. The van der Waals surface area contributed by atoms with Crippen LogP contribution in [0.5, 0.6) is 0 Å². The minimum absolute atomic E-state index is 0.249. The number of nitrogens with zero attached hydrogens (tertiary/aromatic N) is 1. The topological polar surface area (TPSA) is 43.4 Å². The van der Waals surface area contributed by atoms with Gasteiger partial charge in [0.2, 0.25) is 0 Å². The van der Waals surface area contributed by atoms with Gasteiger partial charge in [0.15, 0.2) is 0 Å². The van der Waals surface area contributed by atoms with Gasteiger partial charge >= 0.3 is 0 Å². The molecule has 0 N–H and O–H groups in total. The zero-order valence-electron chi connectivity index (χ0n) is 7.59. The van der Waals surface area contributed by atoms with E-state index in [1.54, 1.807) is 0 Å². The van der Waals surface area contributed by atoms with Crippen molar-refractivity contribution in [3.63, 3.8) is 0 Å². The van der Waals surface area contributed by atoms with Crippen LogP contribution in [0.25, 0.3) is 0 Å². The van der Waals surface area contributed by atoms with E-state index in [0.717, 1.165) is 6.42 Å². The number of rotatable bonds is 4. The lowest BCUT2D eigenvalue weighted by Gasteiger charge is -2.37. The average Bonchev–Trinajstić information content (AvgIpc) is 1.88. The second kappa shape index (κ2) is 4.18. The molecule has 0 aliphatic rings. The van der Waals surface area contributed by atoms with E-state index in [4.69, 9.17) is 0 Å². The quantitative estimate of drug-likeness (QED) is 0.609. The van der Waals surface area contributed by atoms with Gasteiger partial charge in [-0.15, -0.1) is 0 Å². The highest BCUT2D eigenvalue weighted by Crippen LogP contribution is 2.18. The number of hydrogen-bond donors (Lipinski definition) is 0. The fraction of sp³-hybridized carbons (Fsp3) is 1.00. The predicted molar refractivity (Wildman–Crippen MR) is 45.7 cm³/mol. The van der Waals surface area contributed by atoms with Gasteiger partial charge < -0.3 is 4.55 Å². The molecule has 0 heterocycles. The highest BCUT2D eigenvalue weighted by molar-refractivity contribution is 7.76. The lowest BCUT2D eigenvalue weighted by Crippen LogP contribution is -2.44. The first-order valence-electron chi connectivity index (χ1n) is 3.82. The highest BCUT2D eigenvalue weighted by atomic mass is 32.2. The first-order chi connectivity index (χ1) is 4.95. The molecule has 0 spiro atoms. The summed E-state index contributed by atoms with van der Waals surface area (Å²) in [5, 5.41) is 0. The Kier molecular flexibility index (Phi) is 4.21. The summed E-state index contributed by atoms with van der Waals surface area (Å²) in [6.07, 6.45) is 0.828. The highest BCUT2D eigenvalue weighted by Gasteiger charge is 2.23. The Morgan fingerprint density at radius 2 is 1.91 bits per heavy atom. The molecule has 0 aliphatic carbocycles. The van der Waals surface area contributed by atoms with Crippen LogP contribution in [0.3, 0.4) is 0 Å². The largest absolute Gasteiger partial charge is 0.760 e. The summed E-state index contributed by atoms with van der Waals surface area (Å²) in [7, 11) is 0. The van der Waals surface area contributed by atoms with E-state index in [9.17, 15) is 8.76 Å². The monoisotopic (exact) mass is 178 g/mol. The van der Waals surface area contributed by atoms with E-state index in [2.05, 4.69) is 0 Å². The van der Waals surface area contributed by atoms with Crippen LogP contribution < -0.4 is 0 Å². The van der Waals surface area contributed by atoms with Gasteiger partial charge in [0.05, 0.1) is 0 Å². The normalized spacial score (nSPS) is 15.5. The molecule has 68 valence electrons. The van der Waals surface area contributed by atoms with E-state index in [1.807, 2.05) is 27.7 Å². The van der Waals surface area contributed by atoms with Gasteiger partial charge in [-0.3, -0.25) is 4.21 Å². The molecule has 0 aromatic rings. The van der Waals surface area contributed by atoms with Crippen LogP contribution in [0, 0.1) is 0 Å². The Morgan fingerprint density at radius 1 is 1.45 bits per heavy atom. The van der Waals surface area contributed by atoms with E-state index in [1.165, 1.54) is 4.31 Å². The second-order valence-corrected chi connectivity index (χ2v) is 3.95. The molecule has 1 unspecified atom stereocenters. The van der Waals surface area contributed by atoms with Gasteiger partial charge in [-0.25, -0.2) is 4.31 Å². The summed E-state index contributed by atoms with van der Waals surface area (Å²) in [5.74, 6) is 0. The van der Waals surface area contributed by atoms with Crippen LogP contribution in [-0.2, 0) is 11.3 Å². The summed E-state index contributed by atoms with van der Waals surface area (Å²) in [6, 6.07) is 0. The van der Waals surface area contributed by atoms with Crippen molar-refractivity contribution in [2.75, 3.05) is 6.54 Å². The summed E-state index contributed by atoms with van der Waals surface area (Å²) in [4.78, 5) is 0. The molecule has 0 aliphatic heterocycles. The van der Waals surface area contributed by atoms with Gasteiger partial charge in [0.25, 0.3) is 0 Å². The summed E-state index contributed by atoms with van der Waals surface area (Å²) < 4.78 is 22.8. The molecule has 0 saturated carbocycles. The van der Waals surface area contributed by atoms with Crippen molar-refractivity contribution >= 4 is 11.3 Å². The molecule has 0 aromatic carbocycles. The molecule has 1 atom stereocenters. The molecule has 0 aromatic heterocycles.